The number of nitrogens with one attached hydrogen (secondary N) is 1. The zero-order valence-electron chi connectivity index (χ0n) is 14.2. The van der Waals surface area contributed by atoms with Gasteiger partial charge in [-0.1, -0.05) is 47.1 Å². The zero-order valence-corrected chi connectivity index (χ0v) is 15.1. The summed E-state index contributed by atoms with van der Waals surface area (Å²) in [5, 5.41) is 6.72. The van der Waals surface area contributed by atoms with Crippen molar-refractivity contribution in [2.75, 3.05) is 5.75 Å². The van der Waals surface area contributed by atoms with Crippen molar-refractivity contribution in [3.05, 3.63) is 71.4 Å². The third-order valence-corrected chi connectivity index (χ3v) is 4.54. The molecule has 0 fully saturated rings. The number of aryl methyl sites for hydroxylation is 1. The van der Waals surface area contributed by atoms with E-state index in [-0.39, 0.29) is 11.7 Å². The Hall–Kier alpha value is -2.67. The number of amides is 1. The minimum atomic E-state index is -0.353. The molecule has 0 spiro atoms. The van der Waals surface area contributed by atoms with Gasteiger partial charge in [0.25, 0.3) is 0 Å². The molecule has 0 saturated heterocycles. The molecule has 0 bridgehead atoms. The highest BCUT2D eigenvalue weighted by atomic mass is 32.2. The summed E-state index contributed by atoms with van der Waals surface area (Å²) in [6, 6.07) is 14.0. The number of thioether (sulfide) groups is 1. The second kappa shape index (κ2) is 8.62. The van der Waals surface area contributed by atoms with E-state index >= 15 is 0 Å². The molecule has 0 atom stereocenters. The van der Waals surface area contributed by atoms with Crippen molar-refractivity contribution in [1.82, 2.24) is 15.5 Å². The first-order valence-corrected chi connectivity index (χ1v) is 9.24. The van der Waals surface area contributed by atoms with Crippen LogP contribution in [0.25, 0.3) is 11.4 Å². The number of hydrogen-bond donors (Lipinski definition) is 1. The third kappa shape index (κ3) is 5.16. The summed E-state index contributed by atoms with van der Waals surface area (Å²) in [7, 11) is 0. The summed E-state index contributed by atoms with van der Waals surface area (Å²) in [4.78, 5) is 16.1. The van der Waals surface area contributed by atoms with Gasteiger partial charge in [0.1, 0.15) is 5.82 Å². The number of nitrogens with zero attached hydrogens (tertiary/aromatic N) is 2. The summed E-state index contributed by atoms with van der Waals surface area (Å²) >= 11 is 1.38. The largest absolute Gasteiger partial charge is 0.351 e. The van der Waals surface area contributed by atoms with E-state index in [0.717, 1.165) is 5.56 Å². The number of halogens is 1. The molecule has 1 amide bonds. The van der Waals surface area contributed by atoms with E-state index in [0.29, 0.717) is 35.3 Å². The van der Waals surface area contributed by atoms with E-state index in [2.05, 4.69) is 15.5 Å². The standard InChI is InChI=1S/C19H18FN3O2S/c1-13-5-7-14(8-6-13)10-21-17(24)11-26-12-18-22-19(23-25-18)15-3-2-4-16(20)9-15/h2-9H,10-12H2,1H3,(H,21,24). The average Bonchev–Trinajstić information content (AvgIpc) is 3.10. The molecule has 26 heavy (non-hydrogen) atoms. The Morgan fingerprint density at radius 3 is 2.81 bits per heavy atom. The van der Waals surface area contributed by atoms with Crippen LogP contribution in [0.2, 0.25) is 0 Å². The highest BCUT2D eigenvalue weighted by molar-refractivity contribution is 7.99. The van der Waals surface area contributed by atoms with Crippen molar-refractivity contribution in [1.29, 1.82) is 0 Å². The first-order valence-electron chi connectivity index (χ1n) is 8.08. The first-order chi connectivity index (χ1) is 12.6. The number of aromatic nitrogens is 2. The lowest BCUT2D eigenvalue weighted by atomic mass is 10.1. The molecule has 7 heteroatoms. The van der Waals surface area contributed by atoms with Crippen molar-refractivity contribution in [2.24, 2.45) is 0 Å². The second-order valence-corrected chi connectivity index (χ2v) is 6.76. The van der Waals surface area contributed by atoms with Crippen molar-refractivity contribution in [2.45, 2.75) is 19.2 Å². The SMILES string of the molecule is Cc1ccc(CNC(=O)CSCc2nc(-c3cccc(F)c3)no2)cc1. The van der Waals surface area contributed by atoms with Crippen LogP contribution in [0.15, 0.2) is 53.1 Å². The maximum atomic E-state index is 13.2. The smallest absolute Gasteiger partial charge is 0.236 e. The molecular formula is C19H18FN3O2S. The highest BCUT2D eigenvalue weighted by Crippen LogP contribution is 2.18. The summed E-state index contributed by atoms with van der Waals surface area (Å²) in [6.45, 7) is 2.53. The molecule has 1 heterocycles. The Morgan fingerprint density at radius 2 is 2.04 bits per heavy atom. The Labute approximate surface area is 155 Å². The predicted octanol–water partition coefficient (Wildman–Crippen LogP) is 3.73. The fourth-order valence-electron chi connectivity index (χ4n) is 2.25. The quantitative estimate of drug-likeness (QED) is 0.685. The average molecular weight is 371 g/mol. The Bertz CT molecular complexity index is 881. The van der Waals surface area contributed by atoms with E-state index in [1.807, 2.05) is 31.2 Å². The van der Waals surface area contributed by atoms with Gasteiger partial charge in [0.05, 0.1) is 11.5 Å². The number of carbonyl (C=O) groups excluding carboxylic acids is 1. The van der Waals surface area contributed by atoms with E-state index in [4.69, 9.17) is 4.52 Å². The van der Waals surface area contributed by atoms with Gasteiger partial charge in [0.2, 0.25) is 17.6 Å². The molecule has 0 radical (unpaired) electrons. The fourth-order valence-corrected chi connectivity index (χ4v) is 2.93. The molecule has 134 valence electrons. The molecule has 0 unspecified atom stereocenters. The van der Waals surface area contributed by atoms with Crippen LogP contribution in [-0.4, -0.2) is 21.8 Å². The van der Waals surface area contributed by atoms with Gasteiger partial charge in [0.15, 0.2) is 0 Å². The number of carbonyl (C=O) groups is 1. The van der Waals surface area contributed by atoms with Crippen LogP contribution in [0, 0.1) is 12.7 Å². The molecule has 0 saturated carbocycles. The zero-order chi connectivity index (χ0) is 18.4. The monoisotopic (exact) mass is 371 g/mol. The summed E-state index contributed by atoms with van der Waals surface area (Å²) in [6.07, 6.45) is 0. The first kappa shape index (κ1) is 18.1. The molecular weight excluding hydrogens is 353 g/mol. The third-order valence-electron chi connectivity index (χ3n) is 3.62. The minimum Gasteiger partial charge on any atom is -0.351 e. The van der Waals surface area contributed by atoms with Crippen LogP contribution in [0.5, 0.6) is 0 Å². The van der Waals surface area contributed by atoms with Gasteiger partial charge < -0.3 is 9.84 Å². The maximum absolute atomic E-state index is 13.2. The molecule has 2 aromatic carbocycles. The fraction of sp³-hybridized carbons (Fsp3) is 0.211. The summed E-state index contributed by atoms with van der Waals surface area (Å²) in [5.74, 6) is 1.04. The highest BCUT2D eigenvalue weighted by Gasteiger charge is 2.10. The molecule has 0 aliphatic rings. The summed E-state index contributed by atoms with van der Waals surface area (Å²) < 4.78 is 18.4. The normalized spacial score (nSPS) is 10.7. The van der Waals surface area contributed by atoms with Crippen LogP contribution in [-0.2, 0) is 17.1 Å². The topological polar surface area (TPSA) is 68.0 Å². The maximum Gasteiger partial charge on any atom is 0.236 e. The lowest BCUT2D eigenvalue weighted by molar-refractivity contribution is -0.118. The molecule has 1 N–H and O–H groups in total. The number of benzene rings is 2. The lowest BCUT2D eigenvalue weighted by Gasteiger charge is -2.05. The molecule has 3 aromatic rings. The van der Waals surface area contributed by atoms with Crippen LogP contribution in [0.4, 0.5) is 4.39 Å². The van der Waals surface area contributed by atoms with Crippen molar-refractivity contribution in [3.63, 3.8) is 0 Å². The van der Waals surface area contributed by atoms with E-state index in [1.165, 1.54) is 29.5 Å². The van der Waals surface area contributed by atoms with Gasteiger partial charge in [-0.25, -0.2) is 4.39 Å². The molecule has 0 aliphatic heterocycles. The van der Waals surface area contributed by atoms with Crippen LogP contribution < -0.4 is 5.32 Å². The van der Waals surface area contributed by atoms with Crippen LogP contribution >= 0.6 is 11.8 Å². The Kier molecular flexibility index (Phi) is 6.01. The van der Waals surface area contributed by atoms with Crippen molar-refractivity contribution >= 4 is 17.7 Å². The molecule has 1 aromatic heterocycles. The van der Waals surface area contributed by atoms with Crippen molar-refractivity contribution in [3.8, 4) is 11.4 Å². The van der Waals surface area contributed by atoms with Gasteiger partial charge >= 0.3 is 0 Å². The van der Waals surface area contributed by atoms with Gasteiger partial charge in [-0.15, -0.1) is 11.8 Å². The molecule has 0 aliphatic carbocycles. The van der Waals surface area contributed by atoms with Gasteiger partial charge in [-0.3, -0.25) is 4.79 Å². The molecule has 3 rings (SSSR count). The van der Waals surface area contributed by atoms with Crippen LogP contribution in [0.1, 0.15) is 17.0 Å². The lowest BCUT2D eigenvalue weighted by Crippen LogP contribution is -2.24. The Morgan fingerprint density at radius 1 is 1.23 bits per heavy atom. The van der Waals surface area contributed by atoms with Crippen LogP contribution in [0.3, 0.4) is 0 Å². The van der Waals surface area contributed by atoms with Gasteiger partial charge in [-0.05, 0) is 24.6 Å². The van der Waals surface area contributed by atoms with Gasteiger partial charge in [0, 0.05) is 12.1 Å². The van der Waals surface area contributed by atoms with E-state index < -0.39 is 0 Å². The van der Waals surface area contributed by atoms with Crippen molar-refractivity contribution < 1.29 is 13.7 Å². The minimum absolute atomic E-state index is 0.0551. The number of rotatable bonds is 7. The summed E-state index contributed by atoms with van der Waals surface area (Å²) in [5.41, 5.74) is 2.80. The second-order valence-electron chi connectivity index (χ2n) is 5.78. The number of hydrogen-bond acceptors (Lipinski definition) is 5. The van der Waals surface area contributed by atoms with Gasteiger partial charge in [-0.2, -0.15) is 4.98 Å². The predicted molar refractivity (Wildman–Crippen MR) is 98.9 cm³/mol. The van der Waals surface area contributed by atoms with E-state index in [9.17, 15) is 9.18 Å². The molecule has 5 nitrogen and oxygen atoms in total. The Balaban J connectivity index is 1.43. The van der Waals surface area contributed by atoms with E-state index in [1.54, 1.807) is 12.1 Å².